The molecule has 0 radical (unpaired) electrons. The molecule has 0 amide bonds. The van der Waals surface area contributed by atoms with Gasteiger partial charge in [0.15, 0.2) is 0 Å². The first-order chi connectivity index (χ1) is 11.5. The fraction of sp³-hybridized carbons (Fsp3) is 0.588. The minimum Gasteiger partial charge on any atom is -0.487 e. The van der Waals surface area contributed by atoms with E-state index in [9.17, 15) is 8.42 Å². The third kappa shape index (κ3) is 3.90. The molecule has 1 aromatic rings. The quantitative estimate of drug-likeness (QED) is 0.411. The molecule has 0 bridgehead atoms. The maximum absolute atomic E-state index is 12.9. The number of hydrogen-bond donors (Lipinski definition) is 3. The smallest absolute Gasteiger partial charge is 0.264 e. The van der Waals surface area contributed by atoms with Gasteiger partial charge in [-0.2, -0.15) is 0 Å². The minimum atomic E-state index is -3.83. The van der Waals surface area contributed by atoms with Crippen molar-refractivity contribution < 1.29 is 13.2 Å². The van der Waals surface area contributed by atoms with E-state index < -0.39 is 10.0 Å². The molecule has 7 nitrogen and oxygen atoms in total. The number of benzene rings is 1. The van der Waals surface area contributed by atoms with Crippen molar-refractivity contribution >= 4 is 16.0 Å². The first kappa shape index (κ1) is 19.5. The summed E-state index contributed by atoms with van der Waals surface area (Å²) in [6.07, 6.45) is 1.31. The summed E-state index contributed by atoms with van der Waals surface area (Å²) < 4.78 is 34.2. The van der Waals surface area contributed by atoms with Gasteiger partial charge in [0.1, 0.15) is 11.4 Å². The fourth-order valence-electron chi connectivity index (χ4n) is 3.16. The highest BCUT2D eigenvalue weighted by atomic mass is 32.2. The number of sulfonamides is 1. The summed E-state index contributed by atoms with van der Waals surface area (Å²) >= 11 is 0. The van der Waals surface area contributed by atoms with Crippen LogP contribution in [0.4, 0.5) is 0 Å². The number of guanidine groups is 1. The largest absolute Gasteiger partial charge is 0.487 e. The van der Waals surface area contributed by atoms with E-state index in [1.807, 2.05) is 27.7 Å². The lowest BCUT2D eigenvalue weighted by atomic mass is 9.94. The van der Waals surface area contributed by atoms with Crippen LogP contribution in [0.2, 0.25) is 0 Å². The van der Waals surface area contributed by atoms with Gasteiger partial charge in [0.2, 0.25) is 5.96 Å². The van der Waals surface area contributed by atoms with E-state index in [1.54, 1.807) is 6.92 Å². The van der Waals surface area contributed by atoms with Gasteiger partial charge in [-0.3, -0.25) is 4.99 Å². The summed E-state index contributed by atoms with van der Waals surface area (Å²) in [6.45, 7) is 10.3. The van der Waals surface area contributed by atoms with Gasteiger partial charge in [-0.15, -0.1) is 0 Å². The molecule has 1 aliphatic heterocycles. The van der Waals surface area contributed by atoms with Crippen LogP contribution in [0.15, 0.2) is 9.89 Å². The molecule has 1 aliphatic rings. The van der Waals surface area contributed by atoms with Crippen LogP contribution in [0.5, 0.6) is 5.75 Å². The summed E-state index contributed by atoms with van der Waals surface area (Å²) in [4.78, 5) is 4.25. The minimum absolute atomic E-state index is 0.123. The number of nitrogens with one attached hydrogen (secondary N) is 1. The van der Waals surface area contributed by atoms with Crippen LogP contribution in [0.3, 0.4) is 0 Å². The predicted octanol–water partition coefficient (Wildman–Crippen LogP) is 1.27. The SMILES string of the molecule is Cc1c(C)c(S(=O)(=O)NC(N)=NCCCN)c(C)c2c1OC(C)(C)C2. The van der Waals surface area contributed by atoms with Crippen LogP contribution < -0.4 is 20.9 Å². The average molecular weight is 369 g/mol. The Balaban J connectivity index is 2.47. The molecule has 1 aromatic carbocycles. The monoisotopic (exact) mass is 368 g/mol. The predicted molar refractivity (Wildman–Crippen MR) is 99.5 cm³/mol. The van der Waals surface area contributed by atoms with E-state index in [0.717, 1.165) is 16.9 Å². The first-order valence-electron chi connectivity index (χ1n) is 8.34. The van der Waals surface area contributed by atoms with Gasteiger partial charge in [-0.05, 0) is 64.3 Å². The van der Waals surface area contributed by atoms with E-state index in [1.165, 1.54) is 0 Å². The number of fused-ring (bicyclic) bond motifs is 1. The molecule has 0 atom stereocenters. The molecular weight excluding hydrogens is 340 g/mol. The van der Waals surface area contributed by atoms with E-state index >= 15 is 0 Å². The van der Waals surface area contributed by atoms with Crippen molar-refractivity contribution in [3.05, 3.63) is 22.3 Å². The Morgan fingerprint density at radius 3 is 2.48 bits per heavy atom. The van der Waals surface area contributed by atoms with Gasteiger partial charge in [0.05, 0.1) is 4.90 Å². The second-order valence-electron chi connectivity index (χ2n) is 7.07. The zero-order valence-corrected chi connectivity index (χ0v) is 16.4. The van der Waals surface area contributed by atoms with Crippen LogP contribution in [-0.4, -0.2) is 33.1 Å². The Labute approximate surface area is 149 Å². The molecule has 0 aliphatic carbocycles. The third-order valence-corrected chi connectivity index (χ3v) is 6.07. The second-order valence-corrected chi connectivity index (χ2v) is 8.68. The van der Waals surface area contributed by atoms with Crippen LogP contribution in [0.25, 0.3) is 0 Å². The van der Waals surface area contributed by atoms with Crippen LogP contribution in [-0.2, 0) is 16.4 Å². The number of aliphatic imine (C=N–C) groups is 1. The lowest BCUT2D eigenvalue weighted by molar-refractivity contribution is 0.137. The van der Waals surface area contributed by atoms with Crippen molar-refractivity contribution in [2.75, 3.05) is 13.1 Å². The van der Waals surface area contributed by atoms with Crippen molar-refractivity contribution in [3.8, 4) is 5.75 Å². The maximum atomic E-state index is 12.9. The first-order valence-corrected chi connectivity index (χ1v) is 9.83. The molecule has 0 unspecified atom stereocenters. The normalized spacial score (nSPS) is 16.5. The van der Waals surface area contributed by atoms with Crippen LogP contribution >= 0.6 is 0 Å². The van der Waals surface area contributed by atoms with Crippen molar-refractivity contribution in [2.45, 2.75) is 58.0 Å². The Morgan fingerprint density at radius 1 is 1.24 bits per heavy atom. The number of nitrogens with two attached hydrogens (primary N) is 2. The topological polar surface area (TPSA) is 120 Å². The second kappa shape index (κ2) is 6.84. The summed E-state index contributed by atoms with van der Waals surface area (Å²) in [6, 6.07) is 0. The Hall–Kier alpha value is -1.80. The van der Waals surface area contributed by atoms with Gasteiger partial charge in [-0.25, -0.2) is 13.1 Å². The van der Waals surface area contributed by atoms with Crippen molar-refractivity contribution in [2.24, 2.45) is 16.5 Å². The van der Waals surface area contributed by atoms with Gasteiger partial charge in [0.25, 0.3) is 10.0 Å². The van der Waals surface area contributed by atoms with E-state index in [-0.39, 0.29) is 16.5 Å². The molecule has 1 heterocycles. The van der Waals surface area contributed by atoms with Gasteiger partial charge < -0.3 is 16.2 Å². The van der Waals surface area contributed by atoms with Crippen LogP contribution in [0.1, 0.15) is 42.5 Å². The highest BCUT2D eigenvalue weighted by Gasteiger charge is 2.36. The molecule has 8 heteroatoms. The third-order valence-electron chi connectivity index (χ3n) is 4.44. The number of rotatable bonds is 5. The molecular formula is C17H28N4O3S. The van der Waals surface area contributed by atoms with E-state index in [2.05, 4.69) is 9.71 Å². The summed E-state index contributed by atoms with van der Waals surface area (Å²) in [5.41, 5.74) is 13.9. The van der Waals surface area contributed by atoms with E-state index in [4.69, 9.17) is 16.2 Å². The van der Waals surface area contributed by atoms with Crippen LogP contribution in [0, 0.1) is 20.8 Å². The average Bonchev–Trinajstić information content (AvgIpc) is 2.81. The molecule has 140 valence electrons. The molecule has 0 saturated heterocycles. The number of ether oxygens (including phenoxy) is 1. The Bertz CT molecular complexity index is 814. The fourth-order valence-corrected chi connectivity index (χ4v) is 4.68. The maximum Gasteiger partial charge on any atom is 0.264 e. The van der Waals surface area contributed by atoms with Gasteiger partial charge >= 0.3 is 0 Å². The number of hydrogen-bond acceptors (Lipinski definition) is 5. The van der Waals surface area contributed by atoms with Gasteiger partial charge in [-0.1, -0.05) is 0 Å². The zero-order valence-electron chi connectivity index (χ0n) is 15.6. The zero-order chi connectivity index (χ0) is 19.0. The standard InChI is InChI=1S/C17H28N4O3S/c1-10-11(2)15(12(3)13-9-17(4,5)24-14(10)13)25(22,23)21-16(19)20-8-6-7-18/h6-9,18H2,1-5H3,(H3,19,20,21). The molecule has 0 spiro atoms. The van der Waals surface area contributed by atoms with E-state index in [0.29, 0.717) is 37.1 Å². The molecule has 0 saturated carbocycles. The number of nitrogens with zero attached hydrogens (tertiary/aromatic N) is 1. The molecule has 5 N–H and O–H groups in total. The lowest BCUT2D eigenvalue weighted by Gasteiger charge is -2.19. The van der Waals surface area contributed by atoms with Crippen molar-refractivity contribution in [3.63, 3.8) is 0 Å². The van der Waals surface area contributed by atoms with Crippen molar-refractivity contribution in [1.29, 1.82) is 0 Å². The molecule has 25 heavy (non-hydrogen) atoms. The van der Waals surface area contributed by atoms with Gasteiger partial charge in [0, 0.05) is 18.5 Å². The highest BCUT2D eigenvalue weighted by Crippen LogP contribution is 2.43. The summed E-state index contributed by atoms with van der Waals surface area (Å²) in [5.74, 6) is 0.672. The highest BCUT2D eigenvalue weighted by molar-refractivity contribution is 7.90. The lowest BCUT2D eigenvalue weighted by Crippen LogP contribution is -2.37. The Kier molecular flexibility index (Phi) is 5.34. The molecule has 2 rings (SSSR count). The summed E-state index contributed by atoms with van der Waals surface area (Å²) in [7, 11) is -3.83. The molecule has 0 fully saturated rings. The summed E-state index contributed by atoms with van der Waals surface area (Å²) in [5, 5.41) is 0. The van der Waals surface area contributed by atoms with Crippen molar-refractivity contribution in [1.82, 2.24) is 4.72 Å². The Morgan fingerprint density at radius 2 is 1.88 bits per heavy atom. The molecule has 0 aromatic heterocycles.